The van der Waals surface area contributed by atoms with Crippen LogP contribution in [0.2, 0.25) is 0 Å². The van der Waals surface area contributed by atoms with E-state index in [0.29, 0.717) is 18.5 Å². The van der Waals surface area contributed by atoms with Gasteiger partial charge >= 0.3 is 0 Å². The van der Waals surface area contributed by atoms with Gasteiger partial charge in [0.2, 0.25) is 0 Å². The van der Waals surface area contributed by atoms with Gasteiger partial charge in [-0.15, -0.1) is 0 Å². The van der Waals surface area contributed by atoms with E-state index in [2.05, 4.69) is 11.9 Å². The second-order valence-electron chi connectivity index (χ2n) is 3.66. The number of nitrogens with one attached hydrogen (secondary N) is 1. The second kappa shape index (κ2) is 5.61. The summed E-state index contributed by atoms with van der Waals surface area (Å²) in [4.78, 5) is 0. The van der Waals surface area contributed by atoms with Crippen LogP contribution in [0.15, 0.2) is 30.4 Å². The van der Waals surface area contributed by atoms with Crippen molar-refractivity contribution in [2.75, 3.05) is 13.1 Å². The lowest BCUT2D eigenvalue weighted by Crippen LogP contribution is -2.19. The molecule has 1 nitrogen and oxygen atoms in total. The summed E-state index contributed by atoms with van der Waals surface area (Å²) in [5.74, 6) is -1.05. The lowest BCUT2D eigenvalue weighted by atomic mass is 10.1. The molecule has 1 aromatic carbocycles. The Morgan fingerprint density at radius 2 is 1.87 bits per heavy atom. The van der Waals surface area contributed by atoms with E-state index < -0.39 is 11.6 Å². The monoisotopic (exact) mass is 211 g/mol. The van der Waals surface area contributed by atoms with Crippen LogP contribution in [-0.4, -0.2) is 13.1 Å². The number of benzene rings is 1. The van der Waals surface area contributed by atoms with Crippen LogP contribution < -0.4 is 5.32 Å². The molecule has 0 saturated carbocycles. The third-order valence-electron chi connectivity index (χ3n) is 1.94. The lowest BCUT2D eigenvalue weighted by Gasteiger charge is -2.04. The molecule has 0 atom stereocenters. The smallest absolute Gasteiger partial charge is 0.126 e. The fourth-order valence-corrected chi connectivity index (χ4v) is 1.29. The molecule has 82 valence electrons. The zero-order valence-corrected chi connectivity index (χ0v) is 8.82. The van der Waals surface area contributed by atoms with Crippen LogP contribution in [0.1, 0.15) is 12.5 Å². The molecule has 0 aromatic heterocycles. The standard InChI is InChI=1S/C12H15F2N/c1-9(2)8-15-4-3-10-5-11(13)7-12(14)6-10/h5-7,15H,1,3-4,8H2,2H3. The van der Waals surface area contributed by atoms with Crippen molar-refractivity contribution in [2.45, 2.75) is 13.3 Å². The van der Waals surface area contributed by atoms with Crippen LogP contribution in [0.5, 0.6) is 0 Å². The highest BCUT2D eigenvalue weighted by Gasteiger charge is 1.99. The van der Waals surface area contributed by atoms with Gasteiger partial charge in [-0.05, 0) is 37.6 Å². The number of hydrogen-bond acceptors (Lipinski definition) is 1. The van der Waals surface area contributed by atoms with E-state index in [1.54, 1.807) is 0 Å². The summed E-state index contributed by atoms with van der Waals surface area (Å²) >= 11 is 0. The van der Waals surface area contributed by atoms with Crippen molar-refractivity contribution in [3.05, 3.63) is 47.5 Å². The minimum Gasteiger partial charge on any atom is -0.313 e. The Labute approximate surface area is 88.8 Å². The topological polar surface area (TPSA) is 12.0 Å². The van der Waals surface area contributed by atoms with E-state index in [9.17, 15) is 8.78 Å². The minimum absolute atomic E-state index is 0.523. The molecular formula is C12H15F2N. The van der Waals surface area contributed by atoms with E-state index >= 15 is 0 Å². The SMILES string of the molecule is C=C(C)CNCCc1cc(F)cc(F)c1. The van der Waals surface area contributed by atoms with E-state index in [-0.39, 0.29) is 0 Å². The van der Waals surface area contributed by atoms with E-state index in [4.69, 9.17) is 0 Å². The van der Waals surface area contributed by atoms with E-state index in [1.807, 2.05) is 6.92 Å². The van der Waals surface area contributed by atoms with Gasteiger partial charge in [-0.1, -0.05) is 12.2 Å². The summed E-state index contributed by atoms with van der Waals surface area (Å²) < 4.78 is 25.6. The molecular weight excluding hydrogens is 196 g/mol. The van der Waals surface area contributed by atoms with Crippen LogP contribution in [0, 0.1) is 11.6 Å². The average Bonchev–Trinajstić information content (AvgIpc) is 2.10. The third-order valence-corrected chi connectivity index (χ3v) is 1.94. The number of halogens is 2. The van der Waals surface area contributed by atoms with Gasteiger partial charge in [0.15, 0.2) is 0 Å². The minimum atomic E-state index is -0.523. The van der Waals surface area contributed by atoms with Gasteiger partial charge in [-0.2, -0.15) is 0 Å². The molecule has 0 bridgehead atoms. The van der Waals surface area contributed by atoms with Crippen molar-refractivity contribution >= 4 is 0 Å². The summed E-state index contributed by atoms with van der Waals surface area (Å²) in [6.45, 7) is 7.10. The number of hydrogen-bond donors (Lipinski definition) is 1. The van der Waals surface area contributed by atoms with Crippen LogP contribution in [-0.2, 0) is 6.42 Å². The molecule has 1 rings (SSSR count). The van der Waals surface area contributed by atoms with Gasteiger partial charge < -0.3 is 5.32 Å². The fourth-order valence-electron chi connectivity index (χ4n) is 1.29. The van der Waals surface area contributed by atoms with Crippen molar-refractivity contribution in [2.24, 2.45) is 0 Å². The Bertz CT molecular complexity index is 327. The van der Waals surface area contributed by atoms with Gasteiger partial charge in [0.1, 0.15) is 11.6 Å². The molecule has 0 amide bonds. The van der Waals surface area contributed by atoms with E-state index in [1.165, 1.54) is 12.1 Å². The zero-order valence-electron chi connectivity index (χ0n) is 8.82. The molecule has 0 spiro atoms. The third kappa shape index (κ3) is 4.70. The molecule has 1 N–H and O–H groups in total. The normalized spacial score (nSPS) is 10.3. The molecule has 0 saturated heterocycles. The molecule has 0 aliphatic carbocycles. The second-order valence-corrected chi connectivity index (χ2v) is 3.66. The maximum absolute atomic E-state index is 12.8. The lowest BCUT2D eigenvalue weighted by molar-refractivity contribution is 0.578. The Morgan fingerprint density at radius 1 is 1.27 bits per heavy atom. The molecule has 0 unspecified atom stereocenters. The van der Waals surface area contributed by atoms with Crippen LogP contribution >= 0.6 is 0 Å². The van der Waals surface area contributed by atoms with E-state index in [0.717, 1.165) is 18.2 Å². The molecule has 15 heavy (non-hydrogen) atoms. The molecule has 1 aromatic rings. The number of rotatable bonds is 5. The Hall–Kier alpha value is -1.22. The highest BCUT2D eigenvalue weighted by molar-refractivity contribution is 5.18. The predicted octanol–water partition coefficient (Wildman–Crippen LogP) is 2.67. The Kier molecular flexibility index (Phi) is 4.43. The van der Waals surface area contributed by atoms with Crippen molar-refractivity contribution in [3.8, 4) is 0 Å². The first-order valence-corrected chi connectivity index (χ1v) is 4.88. The molecule has 3 heteroatoms. The predicted molar refractivity (Wildman–Crippen MR) is 57.7 cm³/mol. The molecule has 0 radical (unpaired) electrons. The summed E-state index contributed by atoms with van der Waals surface area (Å²) in [5.41, 5.74) is 1.71. The Balaban J connectivity index is 2.40. The van der Waals surface area contributed by atoms with Crippen molar-refractivity contribution in [3.63, 3.8) is 0 Å². The quantitative estimate of drug-likeness (QED) is 0.583. The van der Waals surface area contributed by atoms with Crippen LogP contribution in [0.25, 0.3) is 0 Å². The highest BCUT2D eigenvalue weighted by atomic mass is 19.1. The summed E-state index contributed by atoms with van der Waals surface area (Å²) in [5, 5.41) is 3.13. The maximum Gasteiger partial charge on any atom is 0.126 e. The van der Waals surface area contributed by atoms with Crippen LogP contribution in [0.3, 0.4) is 0 Å². The maximum atomic E-state index is 12.8. The fraction of sp³-hybridized carbons (Fsp3) is 0.333. The Morgan fingerprint density at radius 3 is 2.40 bits per heavy atom. The van der Waals surface area contributed by atoms with Gasteiger partial charge in [-0.25, -0.2) is 8.78 Å². The summed E-state index contributed by atoms with van der Waals surface area (Å²) in [6.07, 6.45) is 0.613. The first kappa shape index (κ1) is 11.9. The van der Waals surface area contributed by atoms with Gasteiger partial charge in [0.05, 0.1) is 0 Å². The van der Waals surface area contributed by atoms with Crippen molar-refractivity contribution in [1.82, 2.24) is 5.32 Å². The summed E-state index contributed by atoms with van der Waals surface area (Å²) in [7, 11) is 0. The van der Waals surface area contributed by atoms with Crippen molar-refractivity contribution < 1.29 is 8.78 Å². The molecule has 0 aliphatic heterocycles. The van der Waals surface area contributed by atoms with Crippen LogP contribution in [0.4, 0.5) is 8.78 Å². The molecule has 0 aliphatic rings. The van der Waals surface area contributed by atoms with Crippen molar-refractivity contribution in [1.29, 1.82) is 0 Å². The first-order valence-electron chi connectivity index (χ1n) is 4.88. The first-order chi connectivity index (χ1) is 7.08. The largest absolute Gasteiger partial charge is 0.313 e. The average molecular weight is 211 g/mol. The summed E-state index contributed by atoms with van der Waals surface area (Å²) in [6, 6.07) is 3.59. The van der Waals surface area contributed by atoms with Gasteiger partial charge in [-0.3, -0.25) is 0 Å². The molecule has 0 heterocycles. The van der Waals surface area contributed by atoms with Gasteiger partial charge in [0, 0.05) is 12.6 Å². The highest BCUT2D eigenvalue weighted by Crippen LogP contribution is 2.07. The molecule has 0 fully saturated rings. The van der Waals surface area contributed by atoms with Gasteiger partial charge in [0.25, 0.3) is 0 Å². The zero-order chi connectivity index (χ0) is 11.3.